The van der Waals surface area contributed by atoms with Crippen molar-refractivity contribution in [3.05, 3.63) is 11.6 Å². The van der Waals surface area contributed by atoms with Crippen molar-refractivity contribution in [3.63, 3.8) is 0 Å². The maximum Gasteiger partial charge on any atom is 0.186 e. The molecule has 2 unspecified atom stereocenters. The Hall–Kier alpha value is -0.580. The molecular formula is C36H60O8. The van der Waals surface area contributed by atoms with E-state index in [0.29, 0.717) is 12.3 Å². The molecule has 4 saturated carbocycles. The Kier molecular flexibility index (Phi) is 8.11. The maximum absolute atomic E-state index is 11.1. The van der Waals surface area contributed by atoms with E-state index in [1.54, 1.807) is 6.92 Å². The third kappa shape index (κ3) is 4.37. The van der Waals surface area contributed by atoms with Gasteiger partial charge in [-0.05, 0) is 104 Å². The number of aliphatic hydroxyl groups excluding tert-OH is 6. The molecule has 1 heterocycles. The number of hydrogen-bond acceptors (Lipinski definition) is 8. The molecule has 6 rings (SSSR count). The van der Waals surface area contributed by atoms with Crippen molar-refractivity contribution in [2.75, 3.05) is 13.2 Å². The second-order valence-corrected chi connectivity index (χ2v) is 17.8. The number of aliphatic hydroxyl groups is 6. The highest BCUT2D eigenvalue weighted by molar-refractivity contribution is 5.34. The second kappa shape index (κ2) is 10.7. The van der Waals surface area contributed by atoms with Crippen LogP contribution in [0, 0.1) is 50.2 Å². The molecule has 8 nitrogen and oxygen atoms in total. The van der Waals surface area contributed by atoms with Crippen LogP contribution in [0.25, 0.3) is 0 Å². The van der Waals surface area contributed by atoms with E-state index in [4.69, 9.17) is 9.47 Å². The van der Waals surface area contributed by atoms with Gasteiger partial charge in [0.2, 0.25) is 0 Å². The summed E-state index contributed by atoms with van der Waals surface area (Å²) in [5, 5.41) is 63.9. The fourth-order valence-electron chi connectivity index (χ4n) is 12.2. The van der Waals surface area contributed by atoms with E-state index in [1.165, 1.54) is 5.57 Å². The number of ether oxygens (including phenoxy) is 2. The van der Waals surface area contributed by atoms with E-state index < -0.39 is 42.2 Å². The third-order valence-electron chi connectivity index (χ3n) is 15.6. The van der Waals surface area contributed by atoms with Gasteiger partial charge in [-0.3, -0.25) is 0 Å². The van der Waals surface area contributed by atoms with Crippen LogP contribution in [0.4, 0.5) is 0 Å². The molecule has 252 valence electrons. The van der Waals surface area contributed by atoms with Gasteiger partial charge in [-0.1, -0.05) is 53.2 Å². The highest BCUT2D eigenvalue weighted by atomic mass is 16.7. The van der Waals surface area contributed by atoms with Crippen LogP contribution in [0.3, 0.4) is 0 Å². The number of allylic oxidation sites excluding steroid dienone is 2. The molecule has 1 saturated heterocycles. The largest absolute Gasteiger partial charge is 0.396 e. The van der Waals surface area contributed by atoms with E-state index in [1.807, 2.05) is 0 Å². The summed E-state index contributed by atoms with van der Waals surface area (Å²) in [7, 11) is 0. The van der Waals surface area contributed by atoms with Gasteiger partial charge in [0.05, 0.1) is 24.9 Å². The summed E-state index contributed by atoms with van der Waals surface area (Å²) in [5.41, 5.74) is 0.452. The molecule has 44 heavy (non-hydrogen) atoms. The fraction of sp³-hybridized carbons (Fsp3) is 0.944. The van der Waals surface area contributed by atoms with Crippen LogP contribution in [-0.2, 0) is 9.47 Å². The van der Waals surface area contributed by atoms with Gasteiger partial charge in [0.25, 0.3) is 0 Å². The molecule has 0 radical (unpaired) electrons. The zero-order valence-electron chi connectivity index (χ0n) is 28.1. The van der Waals surface area contributed by atoms with Crippen molar-refractivity contribution >= 4 is 0 Å². The van der Waals surface area contributed by atoms with E-state index in [2.05, 4.69) is 47.6 Å². The monoisotopic (exact) mass is 620 g/mol. The van der Waals surface area contributed by atoms with Crippen LogP contribution >= 0.6 is 0 Å². The Morgan fingerprint density at radius 1 is 0.795 bits per heavy atom. The average molecular weight is 621 g/mol. The molecule has 0 amide bonds. The van der Waals surface area contributed by atoms with Crippen molar-refractivity contribution in [1.82, 2.24) is 0 Å². The highest BCUT2D eigenvalue weighted by Crippen LogP contribution is 2.75. The normalized spacial score (nSPS) is 59.1. The van der Waals surface area contributed by atoms with E-state index in [0.717, 1.165) is 51.4 Å². The predicted molar refractivity (Wildman–Crippen MR) is 166 cm³/mol. The lowest BCUT2D eigenvalue weighted by molar-refractivity contribution is -0.323. The van der Waals surface area contributed by atoms with Crippen LogP contribution in [0.2, 0.25) is 0 Å². The third-order valence-corrected chi connectivity index (χ3v) is 15.6. The Morgan fingerprint density at radius 2 is 1.50 bits per heavy atom. The average Bonchev–Trinajstić information content (AvgIpc) is 2.98. The summed E-state index contributed by atoms with van der Waals surface area (Å²) in [4.78, 5) is 0. The smallest absolute Gasteiger partial charge is 0.186 e. The minimum Gasteiger partial charge on any atom is -0.396 e. The van der Waals surface area contributed by atoms with Gasteiger partial charge in [-0.2, -0.15) is 0 Å². The zero-order chi connectivity index (χ0) is 32.3. The van der Waals surface area contributed by atoms with Gasteiger partial charge in [-0.15, -0.1) is 0 Å². The van der Waals surface area contributed by atoms with Gasteiger partial charge in [0, 0.05) is 17.4 Å². The number of rotatable bonds is 4. The first-order valence-corrected chi connectivity index (χ1v) is 17.4. The molecule has 16 atom stereocenters. The van der Waals surface area contributed by atoms with Crippen molar-refractivity contribution in [2.45, 2.75) is 149 Å². The van der Waals surface area contributed by atoms with Gasteiger partial charge < -0.3 is 40.1 Å². The molecule has 5 aliphatic carbocycles. The molecule has 6 N–H and O–H groups in total. The summed E-state index contributed by atoms with van der Waals surface area (Å²) < 4.78 is 12.6. The zero-order valence-corrected chi connectivity index (χ0v) is 28.1. The van der Waals surface area contributed by atoms with Crippen LogP contribution in [0.15, 0.2) is 11.6 Å². The second-order valence-electron chi connectivity index (χ2n) is 17.8. The molecular weight excluding hydrogens is 560 g/mol. The molecule has 1 aliphatic heterocycles. The molecule has 0 bridgehead atoms. The van der Waals surface area contributed by atoms with Crippen LogP contribution in [-0.4, -0.2) is 86.8 Å². The lowest BCUT2D eigenvalue weighted by Crippen LogP contribution is -2.66. The minimum atomic E-state index is -1.36. The van der Waals surface area contributed by atoms with Crippen LogP contribution in [0.1, 0.15) is 106 Å². The standard InChI is InChI=1S/C36H60O8/c1-20-27(40)28(41)29(42)30(43-20)44-26-17-31(2,18-37)16-22-21-8-9-24-33(4)12-11-25(39)34(5,19-38)23(33)10-13-36(24,7)35(21,6)15-14-32(22,26)3/h8,20,22-30,37-42H,9-19H2,1-7H3/t20-,22-,23?,24?,25-,26+,27-,28+,29+,30-,31-,32+,33-,34+,35+,36+/m0/s1. The number of fused-ring (bicyclic) bond motifs is 7. The van der Waals surface area contributed by atoms with Crippen molar-refractivity contribution in [1.29, 1.82) is 0 Å². The first-order chi connectivity index (χ1) is 20.4. The van der Waals surface area contributed by atoms with Gasteiger partial charge in [-0.25, -0.2) is 0 Å². The Bertz CT molecular complexity index is 1150. The van der Waals surface area contributed by atoms with Crippen molar-refractivity contribution < 1.29 is 40.1 Å². The van der Waals surface area contributed by atoms with Gasteiger partial charge in [0.1, 0.15) is 18.3 Å². The van der Waals surface area contributed by atoms with Crippen molar-refractivity contribution in [2.24, 2.45) is 50.2 Å². The van der Waals surface area contributed by atoms with E-state index in [9.17, 15) is 30.6 Å². The predicted octanol–water partition coefficient (Wildman–Crippen LogP) is 3.94. The van der Waals surface area contributed by atoms with Crippen LogP contribution < -0.4 is 0 Å². The van der Waals surface area contributed by atoms with Crippen LogP contribution in [0.5, 0.6) is 0 Å². The van der Waals surface area contributed by atoms with Gasteiger partial charge >= 0.3 is 0 Å². The highest BCUT2D eigenvalue weighted by Gasteiger charge is 2.69. The maximum atomic E-state index is 11.1. The quantitative estimate of drug-likeness (QED) is 0.260. The molecule has 0 aromatic carbocycles. The summed E-state index contributed by atoms with van der Waals surface area (Å²) in [5.74, 6) is 0.910. The molecule has 5 fully saturated rings. The summed E-state index contributed by atoms with van der Waals surface area (Å²) in [6, 6.07) is 0. The first-order valence-electron chi connectivity index (χ1n) is 17.4. The molecule has 0 aromatic rings. The lowest BCUT2D eigenvalue weighted by Gasteiger charge is -2.72. The Labute approximate surface area is 264 Å². The molecule has 0 spiro atoms. The van der Waals surface area contributed by atoms with Gasteiger partial charge in [0.15, 0.2) is 6.29 Å². The minimum absolute atomic E-state index is 0.0198. The van der Waals surface area contributed by atoms with E-state index >= 15 is 0 Å². The molecule has 6 aliphatic rings. The number of hydrogen-bond donors (Lipinski definition) is 6. The Balaban J connectivity index is 1.36. The first kappa shape index (κ1) is 33.3. The Morgan fingerprint density at radius 3 is 2.16 bits per heavy atom. The van der Waals surface area contributed by atoms with E-state index in [-0.39, 0.29) is 58.2 Å². The van der Waals surface area contributed by atoms with Crippen molar-refractivity contribution in [3.8, 4) is 0 Å². The lowest BCUT2D eigenvalue weighted by atomic mass is 9.33. The summed E-state index contributed by atoms with van der Waals surface area (Å²) in [6.45, 7) is 15.8. The summed E-state index contributed by atoms with van der Waals surface area (Å²) in [6.07, 6.45) is 4.36. The topological polar surface area (TPSA) is 140 Å². The molecule has 8 heteroatoms. The SMILES string of the molecule is C[C@@H]1O[C@@H](O[C@@H]2C[C@@](C)(CO)C[C@H]3C4=CCC5[C@@]6(C)CC[C@H](O)[C@](C)(CO)C6CC[C@@]5(C)[C@]4(C)CC[C@@]23C)[C@H](O)[C@H](O)[C@H]1O. The fourth-order valence-corrected chi connectivity index (χ4v) is 12.2. The summed E-state index contributed by atoms with van der Waals surface area (Å²) >= 11 is 0. The molecule has 0 aromatic heterocycles.